The third-order valence-corrected chi connectivity index (χ3v) is 3.15. The first-order valence-electron chi connectivity index (χ1n) is 5.85. The van der Waals surface area contributed by atoms with Crippen LogP contribution in [0, 0.1) is 5.92 Å². The molecule has 17 heavy (non-hydrogen) atoms. The number of hydrogen-bond acceptors (Lipinski definition) is 4. The van der Waals surface area contributed by atoms with Crippen molar-refractivity contribution >= 4 is 11.9 Å². The number of aliphatic carboxylic acids is 1. The van der Waals surface area contributed by atoms with Gasteiger partial charge in [-0.3, -0.25) is 14.5 Å². The Balaban J connectivity index is 2.54. The molecule has 1 saturated heterocycles. The Kier molecular flexibility index (Phi) is 5.37. The zero-order valence-corrected chi connectivity index (χ0v) is 10.3. The molecule has 2 N–H and O–H groups in total. The molecule has 0 spiro atoms. The lowest BCUT2D eigenvalue weighted by Gasteiger charge is -2.28. The van der Waals surface area contributed by atoms with Gasteiger partial charge in [0.25, 0.3) is 0 Å². The number of nitrogens with one attached hydrogen (secondary N) is 1. The van der Waals surface area contributed by atoms with E-state index in [-0.39, 0.29) is 18.6 Å². The van der Waals surface area contributed by atoms with Crippen LogP contribution in [0.2, 0.25) is 0 Å². The van der Waals surface area contributed by atoms with Gasteiger partial charge in [-0.05, 0) is 6.54 Å². The predicted octanol–water partition coefficient (Wildman–Crippen LogP) is -0.456. The predicted molar refractivity (Wildman–Crippen MR) is 61.7 cm³/mol. The molecule has 0 aliphatic carbocycles. The lowest BCUT2D eigenvalue weighted by atomic mass is 10.0. The van der Waals surface area contributed by atoms with Crippen LogP contribution in [-0.2, 0) is 14.3 Å². The number of hydrogen-bond donors (Lipinski definition) is 2. The number of carbonyl (C=O) groups is 2. The van der Waals surface area contributed by atoms with Gasteiger partial charge in [-0.25, -0.2) is 0 Å². The molecule has 0 saturated carbocycles. The number of rotatable bonds is 6. The first kappa shape index (κ1) is 13.9. The summed E-state index contributed by atoms with van der Waals surface area (Å²) < 4.78 is 5.22. The van der Waals surface area contributed by atoms with E-state index >= 15 is 0 Å². The summed E-state index contributed by atoms with van der Waals surface area (Å²) in [5.41, 5.74) is 0. The molecule has 0 radical (unpaired) electrons. The van der Waals surface area contributed by atoms with E-state index in [2.05, 4.69) is 5.32 Å². The van der Waals surface area contributed by atoms with E-state index in [0.717, 1.165) is 6.54 Å². The smallest absolute Gasteiger partial charge is 0.310 e. The fourth-order valence-corrected chi connectivity index (χ4v) is 2.07. The Morgan fingerprint density at radius 1 is 1.47 bits per heavy atom. The standard InChI is InChI=1S/C11H20N2O4/c1-3-13(5-4-10(14)12-2)9-7-17-6-8(9)11(15)16/h8-9H,3-7H2,1-2H3,(H,12,14)(H,15,16). The highest BCUT2D eigenvalue weighted by atomic mass is 16.5. The molecule has 2 atom stereocenters. The molecular weight excluding hydrogens is 224 g/mol. The maximum atomic E-state index is 11.2. The maximum Gasteiger partial charge on any atom is 0.310 e. The molecule has 6 nitrogen and oxygen atoms in total. The number of carbonyl (C=O) groups excluding carboxylic acids is 1. The van der Waals surface area contributed by atoms with Gasteiger partial charge in [0.05, 0.1) is 19.1 Å². The molecule has 1 fully saturated rings. The highest BCUT2D eigenvalue weighted by Gasteiger charge is 2.37. The van der Waals surface area contributed by atoms with Crippen molar-refractivity contribution in [2.24, 2.45) is 5.92 Å². The van der Waals surface area contributed by atoms with Gasteiger partial charge in [0.15, 0.2) is 0 Å². The Bertz CT molecular complexity index is 283. The topological polar surface area (TPSA) is 78.9 Å². The van der Waals surface area contributed by atoms with Crippen molar-refractivity contribution in [1.82, 2.24) is 10.2 Å². The Hall–Kier alpha value is -1.14. The van der Waals surface area contributed by atoms with Crippen molar-refractivity contribution in [1.29, 1.82) is 0 Å². The summed E-state index contributed by atoms with van der Waals surface area (Å²) in [6, 6.07) is -0.123. The number of carboxylic acid groups (broad SMARTS) is 1. The van der Waals surface area contributed by atoms with E-state index in [9.17, 15) is 9.59 Å². The minimum absolute atomic E-state index is 0.0331. The lowest BCUT2D eigenvalue weighted by molar-refractivity contribution is -0.143. The average molecular weight is 244 g/mol. The van der Waals surface area contributed by atoms with E-state index < -0.39 is 11.9 Å². The van der Waals surface area contributed by atoms with Crippen LogP contribution in [-0.4, -0.2) is 61.3 Å². The Morgan fingerprint density at radius 3 is 2.71 bits per heavy atom. The second-order valence-corrected chi connectivity index (χ2v) is 4.10. The normalized spacial score (nSPS) is 23.9. The van der Waals surface area contributed by atoms with Crippen molar-refractivity contribution in [2.45, 2.75) is 19.4 Å². The molecule has 1 aliphatic rings. The molecular formula is C11H20N2O4. The summed E-state index contributed by atoms with van der Waals surface area (Å²) in [6.07, 6.45) is 0.382. The third kappa shape index (κ3) is 3.67. The highest BCUT2D eigenvalue weighted by Crippen LogP contribution is 2.20. The summed E-state index contributed by atoms with van der Waals surface area (Å²) in [5, 5.41) is 11.6. The van der Waals surface area contributed by atoms with Crippen LogP contribution < -0.4 is 5.32 Å². The lowest BCUT2D eigenvalue weighted by Crippen LogP contribution is -2.44. The number of carboxylic acids is 1. The minimum Gasteiger partial charge on any atom is -0.481 e. The Labute approximate surface area is 101 Å². The zero-order valence-electron chi connectivity index (χ0n) is 10.3. The van der Waals surface area contributed by atoms with E-state index in [4.69, 9.17) is 9.84 Å². The largest absolute Gasteiger partial charge is 0.481 e. The van der Waals surface area contributed by atoms with Crippen LogP contribution in [0.1, 0.15) is 13.3 Å². The molecule has 1 heterocycles. The fourth-order valence-electron chi connectivity index (χ4n) is 2.07. The van der Waals surface area contributed by atoms with Crippen molar-refractivity contribution < 1.29 is 19.4 Å². The molecule has 6 heteroatoms. The zero-order chi connectivity index (χ0) is 12.8. The van der Waals surface area contributed by atoms with Crippen molar-refractivity contribution in [2.75, 3.05) is 33.4 Å². The summed E-state index contributed by atoms with van der Waals surface area (Å²) in [6.45, 7) is 3.93. The van der Waals surface area contributed by atoms with Gasteiger partial charge in [0, 0.05) is 26.1 Å². The van der Waals surface area contributed by atoms with Gasteiger partial charge < -0.3 is 15.2 Å². The number of nitrogens with zero attached hydrogens (tertiary/aromatic N) is 1. The third-order valence-electron chi connectivity index (χ3n) is 3.15. The van der Waals surface area contributed by atoms with Crippen LogP contribution in [0.4, 0.5) is 0 Å². The molecule has 0 aromatic carbocycles. The van der Waals surface area contributed by atoms with Gasteiger partial charge in [0.2, 0.25) is 5.91 Å². The summed E-state index contributed by atoms with van der Waals surface area (Å²) in [7, 11) is 1.59. The monoisotopic (exact) mass is 244 g/mol. The highest BCUT2D eigenvalue weighted by molar-refractivity contribution is 5.75. The second-order valence-electron chi connectivity index (χ2n) is 4.10. The van der Waals surface area contributed by atoms with E-state index in [0.29, 0.717) is 19.6 Å². The molecule has 0 aromatic heterocycles. The van der Waals surface area contributed by atoms with Gasteiger partial charge in [-0.15, -0.1) is 0 Å². The minimum atomic E-state index is -0.828. The van der Waals surface area contributed by atoms with Gasteiger partial charge in [-0.1, -0.05) is 6.92 Å². The Morgan fingerprint density at radius 2 is 2.18 bits per heavy atom. The SMILES string of the molecule is CCN(CCC(=O)NC)C1COCC1C(=O)O. The van der Waals surface area contributed by atoms with E-state index in [1.54, 1.807) is 7.05 Å². The molecule has 1 amide bonds. The molecule has 1 rings (SSSR count). The molecule has 98 valence electrons. The summed E-state index contributed by atoms with van der Waals surface area (Å²) in [4.78, 5) is 24.2. The van der Waals surface area contributed by atoms with Crippen molar-refractivity contribution in [3.8, 4) is 0 Å². The van der Waals surface area contributed by atoms with E-state index in [1.165, 1.54) is 0 Å². The molecule has 0 bridgehead atoms. The number of likely N-dealkylation sites (N-methyl/N-ethyl adjacent to an activating group) is 1. The van der Waals surface area contributed by atoms with Crippen LogP contribution in [0.15, 0.2) is 0 Å². The van der Waals surface area contributed by atoms with Gasteiger partial charge >= 0.3 is 5.97 Å². The van der Waals surface area contributed by atoms with Crippen LogP contribution in [0.25, 0.3) is 0 Å². The van der Waals surface area contributed by atoms with Crippen LogP contribution >= 0.6 is 0 Å². The van der Waals surface area contributed by atoms with Crippen LogP contribution in [0.3, 0.4) is 0 Å². The van der Waals surface area contributed by atoms with Crippen LogP contribution in [0.5, 0.6) is 0 Å². The van der Waals surface area contributed by atoms with Gasteiger partial charge in [-0.2, -0.15) is 0 Å². The van der Waals surface area contributed by atoms with Gasteiger partial charge in [0.1, 0.15) is 0 Å². The first-order valence-corrected chi connectivity index (χ1v) is 5.85. The number of amides is 1. The molecule has 0 aromatic rings. The molecule has 2 unspecified atom stereocenters. The first-order chi connectivity index (χ1) is 8.10. The van der Waals surface area contributed by atoms with Crippen molar-refractivity contribution in [3.63, 3.8) is 0 Å². The second kappa shape index (κ2) is 6.56. The van der Waals surface area contributed by atoms with Crippen molar-refractivity contribution in [3.05, 3.63) is 0 Å². The number of ether oxygens (including phenoxy) is 1. The van der Waals surface area contributed by atoms with E-state index in [1.807, 2.05) is 11.8 Å². The summed E-state index contributed by atoms with van der Waals surface area (Å²) >= 11 is 0. The quantitative estimate of drug-likeness (QED) is 0.661. The molecule has 1 aliphatic heterocycles. The fraction of sp³-hybridized carbons (Fsp3) is 0.818. The maximum absolute atomic E-state index is 11.2. The summed E-state index contributed by atoms with van der Waals surface area (Å²) in [5.74, 6) is -1.35. The average Bonchev–Trinajstić information content (AvgIpc) is 2.78.